The number of likely N-dealkylation sites (tertiary alicyclic amines) is 1. The fraction of sp³-hybridized carbons (Fsp3) is 0.688. The van der Waals surface area contributed by atoms with Gasteiger partial charge in [0.15, 0.2) is 0 Å². The molecule has 1 aliphatic heterocycles. The molecule has 3 amide bonds. The first-order valence-corrected chi connectivity index (χ1v) is 9.53. The predicted molar refractivity (Wildman–Crippen MR) is 102 cm³/mol. The number of hydrogen-bond donors (Lipinski definition) is 7. The van der Waals surface area contributed by atoms with Crippen molar-refractivity contribution in [1.82, 2.24) is 15.5 Å². The average Bonchev–Trinajstić information content (AvgIpc) is 3.13. The number of aliphatic carboxylic acids is 2. The molecular weight excluding hydrogens is 408 g/mol. The van der Waals surface area contributed by atoms with E-state index in [0.717, 1.165) is 4.90 Å². The van der Waals surface area contributed by atoms with Gasteiger partial charge in [0, 0.05) is 12.3 Å². The van der Waals surface area contributed by atoms with Gasteiger partial charge in [-0.1, -0.05) is 0 Å². The Bertz CT molecular complexity index is 659. The fourth-order valence-electron chi connectivity index (χ4n) is 2.87. The second-order valence-electron chi connectivity index (χ2n) is 6.70. The highest BCUT2D eigenvalue weighted by molar-refractivity contribution is 7.80. The van der Waals surface area contributed by atoms with Crippen LogP contribution in [-0.4, -0.2) is 92.4 Å². The summed E-state index contributed by atoms with van der Waals surface area (Å²) in [4.78, 5) is 60.6. The first-order valence-electron chi connectivity index (χ1n) is 8.89. The zero-order valence-corrected chi connectivity index (χ0v) is 16.7. The molecule has 0 saturated carbocycles. The quantitative estimate of drug-likeness (QED) is 0.177. The van der Waals surface area contributed by atoms with E-state index in [4.69, 9.17) is 10.8 Å². The summed E-state index contributed by atoms with van der Waals surface area (Å²) in [5, 5.41) is 32.5. The number of hydrogen-bond acceptors (Lipinski definition) is 8. The lowest BCUT2D eigenvalue weighted by atomic mass is 10.1. The Hall–Kier alpha value is -2.38. The van der Waals surface area contributed by atoms with Gasteiger partial charge in [0.25, 0.3) is 0 Å². The number of carbonyl (C=O) groups is 5. The number of aliphatic hydroxyl groups is 1. The molecule has 1 aliphatic rings. The van der Waals surface area contributed by atoms with Crippen molar-refractivity contribution in [2.24, 2.45) is 5.73 Å². The second kappa shape index (κ2) is 11.0. The zero-order valence-electron chi connectivity index (χ0n) is 15.8. The van der Waals surface area contributed by atoms with E-state index in [1.807, 2.05) is 0 Å². The first-order chi connectivity index (χ1) is 13.5. The van der Waals surface area contributed by atoms with Crippen molar-refractivity contribution in [2.75, 3.05) is 12.3 Å². The van der Waals surface area contributed by atoms with Gasteiger partial charge in [-0.15, -0.1) is 0 Å². The largest absolute Gasteiger partial charge is 0.481 e. The van der Waals surface area contributed by atoms with Gasteiger partial charge >= 0.3 is 11.9 Å². The van der Waals surface area contributed by atoms with Gasteiger partial charge in [-0.2, -0.15) is 12.6 Å². The lowest BCUT2D eigenvalue weighted by Crippen LogP contribution is -2.60. The molecule has 164 valence electrons. The molecule has 13 heteroatoms. The summed E-state index contributed by atoms with van der Waals surface area (Å²) in [6.07, 6.45) is -1.55. The van der Waals surface area contributed by atoms with Crippen LogP contribution in [0.2, 0.25) is 0 Å². The maximum atomic E-state index is 12.7. The van der Waals surface area contributed by atoms with Crippen LogP contribution in [0.15, 0.2) is 0 Å². The maximum Gasteiger partial charge on any atom is 0.326 e. The van der Waals surface area contributed by atoms with Gasteiger partial charge in [-0.3, -0.25) is 19.2 Å². The molecule has 1 saturated heterocycles. The Labute approximate surface area is 172 Å². The first kappa shape index (κ1) is 24.7. The molecule has 1 heterocycles. The Morgan fingerprint density at radius 1 is 1.17 bits per heavy atom. The number of carbonyl (C=O) groups excluding carboxylic acids is 3. The molecule has 12 nitrogen and oxygen atoms in total. The number of carboxylic acids is 2. The SMILES string of the molecule is CC(O)C(NC(=O)C(N)CS)C(=O)NC(CC(=O)O)C(=O)N1CCCC1C(=O)O. The fourth-order valence-corrected chi connectivity index (χ4v) is 3.04. The summed E-state index contributed by atoms with van der Waals surface area (Å²) in [5.74, 6) is -5.30. The van der Waals surface area contributed by atoms with Gasteiger partial charge in [0.2, 0.25) is 17.7 Å². The van der Waals surface area contributed by atoms with Gasteiger partial charge in [0.1, 0.15) is 18.1 Å². The topological polar surface area (TPSA) is 199 Å². The Balaban J connectivity index is 2.98. The molecule has 0 bridgehead atoms. The van der Waals surface area contributed by atoms with E-state index < -0.39 is 66.4 Å². The highest BCUT2D eigenvalue weighted by Gasteiger charge is 2.39. The number of nitrogens with one attached hydrogen (secondary N) is 2. The number of aliphatic hydroxyl groups excluding tert-OH is 1. The number of amides is 3. The van der Waals surface area contributed by atoms with E-state index in [2.05, 4.69) is 23.3 Å². The summed E-state index contributed by atoms with van der Waals surface area (Å²) in [6, 6.07) is -5.25. The van der Waals surface area contributed by atoms with Crippen molar-refractivity contribution in [1.29, 1.82) is 0 Å². The van der Waals surface area contributed by atoms with E-state index in [1.54, 1.807) is 0 Å². The van der Waals surface area contributed by atoms with E-state index in [0.29, 0.717) is 6.42 Å². The highest BCUT2D eigenvalue weighted by atomic mass is 32.1. The van der Waals surface area contributed by atoms with E-state index >= 15 is 0 Å². The van der Waals surface area contributed by atoms with Gasteiger partial charge in [-0.05, 0) is 19.8 Å². The van der Waals surface area contributed by atoms with Crippen LogP contribution in [0.5, 0.6) is 0 Å². The van der Waals surface area contributed by atoms with Gasteiger partial charge in [0.05, 0.1) is 18.6 Å². The monoisotopic (exact) mass is 434 g/mol. The van der Waals surface area contributed by atoms with Crippen LogP contribution < -0.4 is 16.4 Å². The summed E-state index contributed by atoms with van der Waals surface area (Å²) in [7, 11) is 0. The maximum absolute atomic E-state index is 12.7. The molecule has 0 aromatic carbocycles. The van der Waals surface area contributed by atoms with Crippen LogP contribution in [-0.2, 0) is 24.0 Å². The number of nitrogens with two attached hydrogens (primary N) is 1. The van der Waals surface area contributed by atoms with Crippen LogP contribution in [0.1, 0.15) is 26.2 Å². The van der Waals surface area contributed by atoms with E-state index in [-0.39, 0.29) is 18.7 Å². The Morgan fingerprint density at radius 3 is 2.28 bits per heavy atom. The van der Waals surface area contributed by atoms with Crippen molar-refractivity contribution in [3.63, 3.8) is 0 Å². The van der Waals surface area contributed by atoms with Crippen molar-refractivity contribution < 1.29 is 39.3 Å². The van der Waals surface area contributed by atoms with E-state index in [1.165, 1.54) is 6.92 Å². The van der Waals surface area contributed by atoms with E-state index in [9.17, 15) is 34.2 Å². The number of rotatable bonds is 10. The molecule has 0 radical (unpaired) electrons. The minimum Gasteiger partial charge on any atom is -0.481 e. The summed E-state index contributed by atoms with van der Waals surface area (Å²) >= 11 is 3.86. The molecule has 0 aliphatic carbocycles. The third-order valence-electron chi connectivity index (χ3n) is 4.41. The molecule has 29 heavy (non-hydrogen) atoms. The summed E-state index contributed by atoms with van der Waals surface area (Å²) < 4.78 is 0. The van der Waals surface area contributed by atoms with Crippen LogP contribution >= 0.6 is 12.6 Å². The molecule has 0 aromatic rings. The summed E-state index contributed by atoms with van der Waals surface area (Å²) in [6.45, 7) is 1.32. The Morgan fingerprint density at radius 2 is 1.79 bits per heavy atom. The van der Waals surface area contributed by atoms with Crippen LogP contribution in [0.4, 0.5) is 0 Å². The van der Waals surface area contributed by atoms with Crippen molar-refractivity contribution in [2.45, 2.75) is 56.5 Å². The van der Waals surface area contributed by atoms with Gasteiger partial charge in [-0.25, -0.2) is 4.79 Å². The highest BCUT2D eigenvalue weighted by Crippen LogP contribution is 2.19. The van der Waals surface area contributed by atoms with Crippen molar-refractivity contribution in [3.05, 3.63) is 0 Å². The molecule has 1 fully saturated rings. The number of carboxylic acid groups (broad SMARTS) is 2. The number of thiol groups is 1. The number of nitrogens with zero attached hydrogens (tertiary/aromatic N) is 1. The smallest absolute Gasteiger partial charge is 0.326 e. The molecule has 5 unspecified atom stereocenters. The zero-order chi connectivity index (χ0) is 22.3. The third kappa shape index (κ3) is 6.87. The Kier molecular flexibility index (Phi) is 9.33. The molecular formula is C16H26N4O8S. The van der Waals surface area contributed by atoms with Crippen molar-refractivity contribution in [3.8, 4) is 0 Å². The van der Waals surface area contributed by atoms with Gasteiger partial charge < -0.3 is 36.6 Å². The summed E-state index contributed by atoms with van der Waals surface area (Å²) in [5.41, 5.74) is 5.51. The minimum absolute atomic E-state index is 0.0222. The predicted octanol–water partition coefficient (Wildman–Crippen LogP) is -2.86. The molecule has 7 N–H and O–H groups in total. The van der Waals surface area contributed by atoms with Crippen LogP contribution in [0.3, 0.4) is 0 Å². The molecule has 5 atom stereocenters. The molecule has 1 rings (SSSR count). The molecule has 0 spiro atoms. The van der Waals surface area contributed by atoms with Crippen LogP contribution in [0, 0.1) is 0 Å². The van der Waals surface area contributed by atoms with Crippen molar-refractivity contribution >= 4 is 42.3 Å². The third-order valence-corrected chi connectivity index (χ3v) is 4.80. The standard InChI is InChI=1S/C16H26N4O8S/c1-7(21)12(19-13(24)8(17)6-29)14(25)18-9(5-11(22)23)15(26)20-4-2-3-10(20)16(27)28/h7-10,12,21,29H,2-6,17H2,1H3,(H,18,25)(H,19,24)(H,22,23)(H,27,28). The minimum atomic E-state index is -1.57. The lowest BCUT2D eigenvalue weighted by molar-refractivity contribution is -0.150. The normalized spacial score (nSPS) is 20.3. The lowest BCUT2D eigenvalue weighted by Gasteiger charge is -2.28. The molecule has 0 aromatic heterocycles. The van der Waals surface area contributed by atoms with Crippen LogP contribution in [0.25, 0.3) is 0 Å². The average molecular weight is 434 g/mol. The second-order valence-corrected chi connectivity index (χ2v) is 7.07.